The van der Waals surface area contributed by atoms with Crippen molar-refractivity contribution in [1.82, 2.24) is 4.90 Å². The Labute approximate surface area is 131 Å². The second-order valence-corrected chi connectivity index (χ2v) is 6.80. The van der Waals surface area contributed by atoms with E-state index in [0.29, 0.717) is 18.7 Å². The predicted molar refractivity (Wildman–Crippen MR) is 79.9 cm³/mol. The highest BCUT2D eigenvalue weighted by molar-refractivity contribution is 7.81. The van der Waals surface area contributed by atoms with Gasteiger partial charge in [-0.3, -0.25) is 4.79 Å². The molecule has 0 atom stereocenters. The Balaban J connectivity index is 1.73. The van der Waals surface area contributed by atoms with Gasteiger partial charge in [0.15, 0.2) is 0 Å². The smallest absolute Gasteiger partial charge is 0.358 e. The van der Waals surface area contributed by atoms with Gasteiger partial charge in [-0.05, 0) is 47.7 Å². The van der Waals surface area contributed by atoms with Gasteiger partial charge in [-0.25, -0.2) is 0 Å². The summed E-state index contributed by atoms with van der Waals surface area (Å²) in [5.74, 6) is -0.315. The van der Waals surface area contributed by atoms with E-state index >= 15 is 0 Å². The van der Waals surface area contributed by atoms with Gasteiger partial charge in [-0.2, -0.15) is 8.42 Å². The molecule has 116 valence electrons. The molecule has 0 bridgehead atoms. The van der Waals surface area contributed by atoms with Crippen LogP contribution in [0.15, 0.2) is 35.7 Å². The number of halogens is 1. The van der Waals surface area contributed by atoms with Crippen LogP contribution in [0.2, 0.25) is 0 Å². The molecule has 1 aliphatic rings. The highest BCUT2D eigenvalue weighted by atomic mass is 32.3. The van der Waals surface area contributed by atoms with Crippen molar-refractivity contribution in [3.8, 4) is 5.75 Å². The van der Waals surface area contributed by atoms with Crippen LogP contribution in [0.5, 0.6) is 5.75 Å². The van der Waals surface area contributed by atoms with Crippen LogP contribution < -0.4 is 4.18 Å². The van der Waals surface area contributed by atoms with Gasteiger partial charge in [0.05, 0.1) is 0 Å². The van der Waals surface area contributed by atoms with E-state index in [1.165, 1.54) is 29.1 Å². The number of nitrogens with zero attached hydrogens (tertiary/aromatic N) is 1. The van der Waals surface area contributed by atoms with E-state index in [0.717, 1.165) is 12.0 Å². The number of rotatable bonds is 3. The van der Waals surface area contributed by atoms with E-state index in [2.05, 4.69) is 4.18 Å². The standard InChI is InChI=1S/C14H12FNO4S2/c15-22(18,19)20-12-3-1-10(2-4-12)14(17)16-7-5-13-11(9-16)6-8-21-13/h1-4,6,8H,5,7,9H2. The van der Waals surface area contributed by atoms with E-state index in [1.54, 1.807) is 16.2 Å². The third-order valence-corrected chi connectivity index (χ3v) is 4.81. The lowest BCUT2D eigenvalue weighted by molar-refractivity contribution is 0.0736. The van der Waals surface area contributed by atoms with Crippen molar-refractivity contribution < 1.29 is 21.3 Å². The third-order valence-electron chi connectivity index (χ3n) is 3.39. The molecule has 1 aromatic heterocycles. The minimum Gasteiger partial charge on any atom is -0.358 e. The number of fused-ring (bicyclic) bond motifs is 1. The lowest BCUT2D eigenvalue weighted by Crippen LogP contribution is -2.35. The Morgan fingerprint density at radius 3 is 2.64 bits per heavy atom. The topological polar surface area (TPSA) is 63.7 Å². The van der Waals surface area contributed by atoms with Crippen molar-refractivity contribution in [3.05, 3.63) is 51.7 Å². The summed E-state index contributed by atoms with van der Waals surface area (Å²) >= 11 is 1.70. The minimum absolute atomic E-state index is 0.147. The average Bonchev–Trinajstić information content (AvgIpc) is 2.93. The molecule has 1 aromatic carbocycles. The lowest BCUT2D eigenvalue weighted by Gasteiger charge is -2.27. The molecule has 0 radical (unpaired) electrons. The highest BCUT2D eigenvalue weighted by Crippen LogP contribution is 2.25. The fourth-order valence-corrected chi connectivity index (χ4v) is 3.60. The summed E-state index contributed by atoms with van der Waals surface area (Å²) in [6.07, 6.45) is 0.833. The van der Waals surface area contributed by atoms with Gasteiger partial charge in [-0.15, -0.1) is 11.3 Å². The van der Waals surface area contributed by atoms with Crippen LogP contribution in [0.25, 0.3) is 0 Å². The normalized spacial score (nSPS) is 14.5. The first kappa shape index (κ1) is 15.0. The van der Waals surface area contributed by atoms with Crippen LogP contribution in [0.4, 0.5) is 3.89 Å². The molecule has 1 amide bonds. The molecule has 0 N–H and O–H groups in total. The molecule has 0 aliphatic carbocycles. The van der Waals surface area contributed by atoms with Crippen LogP contribution in [-0.4, -0.2) is 25.8 Å². The quantitative estimate of drug-likeness (QED) is 0.805. The maximum atomic E-state index is 12.4. The molecule has 2 aromatic rings. The summed E-state index contributed by atoms with van der Waals surface area (Å²) < 4.78 is 37.3. The van der Waals surface area contributed by atoms with Gasteiger partial charge in [0, 0.05) is 23.5 Å². The molecule has 0 fully saturated rings. The molecule has 2 heterocycles. The van der Waals surface area contributed by atoms with Crippen LogP contribution in [0, 0.1) is 0 Å². The zero-order valence-electron chi connectivity index (χ0n) is 11.4. The first-order valence-electron chi connectivity index (χ1n) is 6.51. The number of carbonyl (C=O) groups is 1. The Morgan fingerprint density at radius 2 is 1.95 bits per heavy atom. The van der Waals surface area contributed by atoms with Gasteiger partial charge < -0.3 is 9.08 Å². The summed E-state index contributed by atoms with van der Waals surface area (Å²) in [4.78, 5) is 15.5. The molecular formula is C14H12FNO4S2. The first-order chi connectivity index (χ1) is 10.4. The second-order valence-electron chi connectivity index (χ2n) is 4.85. The van der Waals surface area contributed by atoms with Crippen molar-refractivity contribution in [2.75, 3.05) is 6.54 Å². The SMILES string of the molecule is O=C(c1ccc(OS(=O)(=O)F)cc1)N1CCc2sccc2C1. The maximum Gasteiger partial charge on any atom is 0.488 e. The Hall–Kier alpha value is -1.93. The van der Waals surface area contributed by atoms with E-state index in [9.17, 15) is 17.1 Å². The van der Waals surface area contributed by atoms with Gasteiger partial charge in [0.2, 0.25) is 0 Å². The summed E-state index contributed by atoms with van der Waals surface area (Å²) in [7, 11) is -5.05. The van der Waals surface area contributed by atoms with Crippen molar-refractivity contribution in [2.24, 2.45) is 0 Å². The number of hydrogen-bond donors (Lipinski definition) is 0. The predicted octanol–water partition coefficient (Wildman–Crippen LogP) is 2.54. The molecule has 8 heteroatoms. The summed E-state index contributed by atoms with van der Waals surface area (Å²) in [5.41, 5.74) is 1.57. The fraction of sp³-hybridized carbons (Fsp3) is 0.214. The maximum absolute atomic E-state index is 12.4. The van der Waals surface area contributed by atoms with E-state index in [4.69, 9.17) is 0 Å². The monoisotopic (exact) mass is 341 g/mol. The molecule has 0 saturated carbocycles. The zero-order valence-corrected chi connectivity index (χ0v) is 13.0. The van der Waals surface area contributed by atoms with E-state index in [1.807, 2.05) is 11.4 Å². The van der Waals surface area contributed by atoms with Gasteiger partial charge >= 0.3 is 10.5 Å². The van der Waals surface area contributed by atoms with Gasteiger partial charge in [0.1, 0.15) is 5.75 Å². The Morgan fingerprint density at radius 1 is 1.23 bits per heavy atom. The van der Waals surface area contributed by atoms with Crippen molar-refractivity contribution in [1.29, 1.82) is 0 Å². The van der Waals surface area contributed by atoms with Crippen LogP contribution >= 0.6 is 11.3 Å². The van der Waals surface area contributed by atoms with Crippen LogP contribution in [0.1, 0.15) is 20.8 Å². The second kappa shape index (κ2) is 5.69. The third kappa shape index (κ3) is 3.28. The number of benzene rings is 1. The van der Waals surface area contributed by atoms with Crippen LogP contribution in [0.3, 0.4) is 0 Å². The number of amides is 1. The van der Waals surface area contributed by atoms with Crippen molar-refractivity contribution in [3.63, 3.8) is 0 Å². The van der Waals surface area contributed by atoms with Crippen molar-refractivity contribution >= 4 is 27.7 Å². The largest absolute Gasteiger partial charge is 0.488 e. The molecule has 1 aliphatic heterocycles. The number of hydrogen-bond acceptors (Lipinski definition) is 5. The Bertz CT molecular complexity index is 799. The molecule has 5 nitrogen and oxygen atoms in total. The number of carbonyl (C=O) groups excluding carboxylic acids is 1. The zero-order chi connectivity index (χ0) is 15.7. The fourth-order valence-electron chi connectivity index (χ4n) is 2.37. The molecule has 3 rings (SSSR count). The highest BCUT2D eigenvalue weighted by Gasteiger charge is 2.22. The van der Waals surface area contributed by atoms with E-state index < -0.39 is 10.5 Å². The first-order valence-corrected chi connectivity index (χ1v) is 8.70. The lowest BCUT2D eigenvalue weighted by atomic mass is 10.1. The minimum atomic E-state index is -5.05. The van der Waals surface area contributed by atoms with Gasteiger partial charge in [-0.1, -0.05) is 3.89 Å². The summed E-state index contributed by atoms with van der Waals surface area (Å²) in [5, 5.41) is 2.02. The van der Waals surface area contributed by atoms with Crippen molar-refractivity contribution in [2.45, 2.75) is 13.0 Å². The average molecular weight is 341 g/mol. The molecule has 0 saturated heterocycles. The summed E-state index contributed by atoms with van der Waals surface area (Å²) in [6.45, 7) is 1.21. The summed E-state index contributed by atoms with van der Waals surface area (Å²) in [6, 6.07) is 7.37. The van der Waals surface area contributed by atoms with Crippen LogP contribution in [-0.2, 0) is 23.5 Å². The number of thiophene rings is 1. The molecule has 22 heavy (non-hydrogen) atoms. The molecular weight excluding hydrogens is 329 g/mol. The Kier molecular flexibility index (Phi) is 3.88. The molecule has 0 unspecified atom stereocenters. The van der Waals surface area contributed by atoms with Gasteiger partial charge in [0.25, 0.3) is 5.91 Å². The van der Waals surface area contributed by atoms with E-state index in [-0.39, 0.29) is 11.7 Å². The molecule has 0 spiro atoms.